The predicted octanol–water partition coefficient (Wildman–Crippen LogP) is 4.23. The zero-order chi connectivity index (χ0) is 15.3. The molecule has 0 heterocycles. The second kappa shape index (κ2) is 6.95. The Balaban J connectivity index is 2.25. The van der Waals surface area contributed by atoms with Gasteiger partial charge in [-0.05, 0) is 44.6 Å². The number of ether oxygens (including phenoxy) is 1. The number of hydrogen-bond donors (Lipinski definition) is 1. The van der Waals surface area contributed by atoms with Gasteiger partial charge in [-0.25, -0.2) is 0 Å². The average Bonchev–Trinajstić information content (AvgIpc) is 2.55. The largest absolute Gasteiger partial charge is 0.493 e. The van der Waals surface area contributed by atoms with E-state index in [1.807, 2.05) is 31.2 Å². The molecule has 1 saturated carbocycles. The molecule has 0 amide bonds. The summed E-state index contributed by atoms with van der Waals surface area (Å²) >= 11 is 0. The normalized spacial score (nSPS) is 26.9. The Morgan fingerprint density at radius 2 is 2.00 bits per heavy atom. The molecule has 1 aliphatic carbocycles. The molecule has 0 aliphatic heterocycles. The van der Waals surface area contributed by atoms with Crippen LogP contribution in [0.4, 0.5) is 0 Å². The second-order valence-corrected chi connectivity index (χ2v) is 5.99. The number of hydrogen-bond acceptors (Lipinski definition) is 3. The maximum absolute atomic E-state index is 10.9. The first-order valence-corrected chi connectivity index (χ1v) is 7.98. The van der Waals surface area contributed by atoms with Crippen molar-refractivity contribution in [3.05, 3.63) is 29.8 Å². The van der Waals surface area contributed by atoms with Gasteiger partial charge in [-0.2, -0.15) is 5.26 Å². The molecule has 1 aromatic carbocycles. The Morgan fingerprint density at radius 1 is 1.33 bits per heavy atom. The topological polar surface area (TPSA) is 53.2 Å². The smallest absolute Gasteiger partial charge is 0.125 e. The highest BCUT2D eigenvalue weighted by Gasteiger charge is 2.43. The van der Waals surface area contributed by atoms with Crippen LogP contribution in [0.25, 0.3) is 0 Å². The molecule has 0 radical (unpaired) electrons. The molecule has 0 bridgehead atoms. The van der Waals surface area contributed by atoms with E-state index in [4.69, 9.17) is 4.74 Å². The lowest BCUT2D eigenvalue weighted by molar-refractivity contribution is 0.0224. The number of aliphatic hydroxyl groups excluding tert-OH is 1. The Labute approximate surface area is 127 Å². The van der Waals surface area contributed by atoms with Crippen LogP contribution in [0.2, 0.25) is 0 Å². The minimum atomic E-state index is -0.775. The van der Waals surface area contributed by atoms with Crippen LogP contribution in [0.5, 0.6) is 5.75 Å². The minimum Gasteiger partial charge on any atom is -0.493 e. The van der Waals surface area contributed by atoms with Crippen LogP contribution in [-0.2, 0) is 0 Å². The molecule has 1 unspecified atom stereocenters. The lowest BCUT2D eigenvalue weighted by Crippen LogP contribution is -2.32. The average molecular weight is 287 g/mol. The molecule has 1 atom stereocenters. The molecule has 0 spiro atoms. The van der Waals surface area contributed by atoms with E-state index in [1.165, 1.54) is 0 Å². The van der Waals surface area contributed by atoms with E-state index in [0.717, 1.165) is 37.7 Å². The summed E-state index contributed by atoms with van der Waals surface area (Å²) in [6, 6.07) is 9.96. The van der Waals surface area contributed by atoms with Gasteiger partial charge >= 0.3 is 0 Å². The van der Waals surface area contributed by atoms with Crippen LogP contribution < -0.4 is 4.74 Å². The summed E-state index contributed by atoms with van der Waals surface area (Å²) in [4.78, 5) is 0. The third-order valence-corrected chi connectivity index (χ3v) is 4.83. The number of nitriles is 1. The van der Waals surface area contributed by atoms with Gasteiger partial charge in [-0.1, -0.05) is 31.5 Å². The molecular weight excluding hydrogens is 262 g/mol. The van der Waals surface area contributed by atoms with Crippen LogP contribution >= 0.6 is 0 Å². The summed E-state index contributed by atoms with van der Waals surface area (Å²) in [6.07, 6.45) is 3.97. The Bertz CT molecular complexity index is 498. The summed E-state index contributed by atoms with van der Waals surface area (Å²) in [6.45, 7) is 4.68. The van der Waals surface area contributed by atoms with Crippen molar-refractivity contribution in [3.63, 3.8) is 0 Å². The summed E-state index contributed by atoms with van der Waals surface area (Å²) < 4.78 is 5.61. The van der Waals surface area contributed by atoms with E-state index < -0.39 is 11.5 Å². The lowest BCUT2D eigenvalue weighted by Gasteiger charge is -2.38. The van der Waals surface area contributed by atoms with Gasteiger partial charge in [-0.15, -0.1) is 0 Å². The van der Waals surface area contributed by atoms with Gasteiger partial charge in [0, 0.05) is 5.56 Å². The molecule has 21 heavy (non-hydrogen) atoms. The molecule has 0 aromatic heterocycles. The molecule has 114 valence electrons. The van der Waals surface area contributed by atoms with E-state index >= 15 is 0 Å². The van der Waals surface area contributed by atoms with E-state index in [0.29, 0.717) is 18.3 Å². The van der Waals surface area contributed by atoms with Crippen molar-refractivity contribution in [3.8, 4) is 11.8 Å². The highest BCUT2D eigenvalue weighted by Crippen LogP contribution is 2.49. The van der Waals surface area contributed by atoms with Crippen molar-refractivity contribution in [2.75, 3.05) is 6.61 Å². The van der Waals surface area contributed by atoms with Crippen molar-refractivity contribution in [2.24, 2.45) is 11.3 Å². The molecule has 1 aromatic rings. The van der Waals surface area contributed by atoms with Crippen molar-refractivity contribution in [1.29, 1.82) is 5.26 Å². The van der Waals surface area contributed by atoms with Gasteiger partial charge in [-0.3, -0.25) is 0 Å². The monoisotopic (exact) mass is 287 g/mol. The summed E-state index contributed by atoms with van der Waals surface area (Å²) in [5.74, 6) is 1.39. The molecular formula is C18H25NO2. The quantitative estimate of drug-likeness (QED) is 0.881. The molecule has 1 aliphatic rings. The first-order valence-electron chi connectivity index (χ1n) is 7.98. The van der Waals surface area contributed by atoms with E-state index in [2.05, 4.69) is 13.0 Å². The predicted molar refractivity (Wildman–Crippen MR) is 82.9 cm³/mol. The SMILES string of the molecule is CCOc1ccccc1C(O)C1(C#N)CCC(CC)CC1. The van der Waals surface area contributed by atoms with Gasteiger partial charge in [0.2, 0.25) is 0 Å². The molecule has 1 fully saturated rings. The van der Waals surface area contributed by atoms with Crippen LogP contribution in [0.15, 0.2) is 24.3 Å². The number of para-hydroxylation sites is 1. The van der Waals surface area contributed by atoms with Gasteiger partial charge < -0.3 is 9.84 Å². The zero-order valence-electron chi connectivity index (χ0n) is 13.0. The summed E-state index contributed by atoms with van der Waals surface area (Å²) in [5.41, 5.74) is 0.0784. The van der Waals surface area contributed by atoms with Gasteiger partial charge in [0.25, 0.3) is 0 Å². The standard InChI is InChI=1S/C18H25NO2/c1-3-14-9-11-18(13-19,12-10-14)17(20)15-7-5-6-8-16(15)21-4-2/h5-8,14,17,20H,3-4,9-12H2,1-2H3. The Hall–Kier alpha value is -1.53. The summed E-state index contributed by atoms with van der Waals surface area (Å²) in [7, 11) is 0. The Morgan fingerprint density at radius 3 is 2.57 bits per heavy atom. The third kappa shape index (κ3) is 3.22. The van der Waals surface area contributed by atoms with Gasteiger partial charge in [0.05, 0.1) is 18.1 Å². The van der Waals surface area contributed by atoms with E-state index in [-0.39, 0.29) is 0 Å². The first-order chi connectivity index (χ1) is 10.2. The molecule has 0 saturated heterocycles. The van der Waals surface area contributed by atoms with Gasteiger partial charge in [0.1, 0.15) is 11.9 Å². The van der Waals surface area contributed by atoms with E-state index in [9.17, 15) is 10.4 Å². The van der Waals surface area contributed by atoms with Gasteiger partial charge in [0.15, 0.2) is 0 Å². The number of rotatable bonds is 5. The maximum atomic E-state index is 10.9. The van der Waals surface area contributed by atoms with Crippen molar-refractivity contribution >= 4 is 0 Å². The van der Waals surface area contributed by atoms with Crippen molar-refractivity contribution in [2.45, 2.75) is 52.1 Å². The van der Waals surface area contributed by atoms with Crippen LogP contribution in [0, 0.1) is 22.7 Å². The van der Waals surface area contributed by atoms with Crippen LogP contribution in [-0.4, -0.2) is 11.7 Å². The van der Waals surface area contributed by atoms with Crippen LogP contribution in [0.3, 0.4) is 0 Å². The Kier molecular flexibility index (Phi) is 5.25. The second-order valence-electron chi connectivity index (χ2n) is 5.99. The van der Waals surface area contributed by atoms with Crippen molar-refractivity contribution < 1.29 is 9.84 Å². The molecule has 2 rings (SSSR count). The van der Waals surface area contributed by atoms with Crippen molar-refractivity contribution in [1.82, 2.24) is 0 Å². The maximum Gasteiger partial charge on any atom is 0.125 e. The molecule has 1 N–H and O–H groups in total. The van der Waals surface area contributed by atoms with Crippen LogP contribution in [0.1, 0.15) is 57.6 Å². The molecule has 3 nitrogen and oxygen atoms in total. The molecule has 3 heteroatoms. The number of nitrogens with zero attached hydrogens (tertiary/aromatic N) is 1. The lowest BCUT2D eigenvalue weighted by atomic mass is 9.66. The highest BCUT2D eigenvalue weighted by atomic mass is 16.5. The first kappa shape index (κ1) is 15.9. The number of aliphatic hydroxyl groups is 1. The minimum absolute atomic E-state index is 0.557. The fourth-order valence-electron chi connectivity index (χ4n) is 3.34. The fourth-order valence-corrected chi connectivity index (χ4v) is 3.34. The third-order valence-electron chi connectivity index (χ3n) is 4.83. The zero-order valence-corrected chi connectivity index (χ0v) is 13.0. The number of benzene rings is 1. The van der Waals surface area contributed by atoms with E-state index in [1.54, 1.807) is 0 Å². The highest BCUT2D eigenvalue weighted by molar-refractivity contribution is 5.37. The summed E-state index contributed by atoms with van der Waals surface area (Å²) in [5, 5.41) is 20.6. The fraction of sp³-hybridized carbons (Fsp3) is 0.611.